The third kappa shape index (κ3) is 3.67. The van der Waals surface area contributed by atoms with Crippen molar-refractivity contribution in [3.63, 3.8) is 0 Å². The van der Waals surface area contributed by atoms with Crippen molar-refractivity contribution in [1.82, 2.24) is 5.32 Å². The van der Waals surface area contributed by atoms with Crippen molar-refractivity contribution in [3.8, 4) is 0 Å². The van der Waals surface area contributed by atoms with Crippen molar-refractivity contribution in [1.29, 1.82) is 0 Å². The standard InChI is InChI=1S/C14H18ClFN2O/c15-9-6-7-11(16)10(8-9)14(19)18-13-5-3-1-2-4-12(13)17/h6-8,12-13H,1-5,17H2,(H,18,19). The van der Waals surface area contributed by atoms with E-state index in [0.29, 0.717) is 5.02 Å². The molecule has 104 valence electrons. The molecule has 1 aliphatic carbocycles. The van der Waals surface area contributed by atoms with Gasteiger partial charge in [-0.1, -0.05) is 30.9 Å². The Hall–Kier alpha value is -1.13. The highest BCUT2D eigenvalue weighted by atomic mass is 35.5. The first kappa shape index (κ1) is 14.3. The second kappa shape index (κ2) is 6.35. The fourth-order valence-corrected chi connectivity index (χ4v) is 2.61. The Morgan fingerprint density at radius 3 is 2.84 bits per heavy atom. The third-order valence-electron chi connectivity index (χ3n) is 3.56. The number of hydrogen-bond donors (Lipinski definition) is 2. The van der Waals surface area contributed by atoms with E-state index in [1.54, 1.807) is 0 Å². The summed E-state index contributed by atoms with van der Waals surface area (Å²) >= 11 is 5.79. The van der Waals surface area contributed by atoms with Crippen LogP contribution in [0.3, 0.4) is 0 Å². The second-order valence-electron chi connectivity index (χ2n) is 5.01. The molecule has 0 heterocycles. The van der Waals surface area contributed by atoms with Crippen LogP contribution < -0.4 is 11.1 Å². The van der Waals surface area contributed by atoms with E-state index in [0.717, 1.165) is 32.1 Å². The molecule has 1 aromatic rings. The minimum Gasteiger partial charge on any atom is -0.348 e. The van der Waals surface area contributed by atoms with Crippen LogP contribution in [-0.4, -0.2) is 18.0 Å². The third-order valence-corrected chi connectivity index (χ3v) is 3.79. The van der Waals surface area contributed by atoms with Gasteiger partial charge in [0.2, 0.25) is 0 Å². The van der Waals surface area contributed by atoms with E-state index in [4.69, 9.17) is 17.3 Å². The second-order valence-corrected chi connectivity index (χ2v) is 5.44. The first-order chi connectivity index (χ1) is 9.08. The van der Waals surface area contributed by atoms with E-state index in [9.17, 15) is 9.18 Å². The maximum Gasteiger partial charge on any atom is 0.254 e. The molecule has 3 nitrogen and oxygen atoms in total. The molecule has 0 saturated heterocycles. The van der Waals surface area contributed by atoms with Crippen LogP contribution in [-0.2, 0) is 0 Å². The molecule has 2 rings (SSSR count). The Kier molecular flexibility index (Phi) is 4.77. The van der Waals surface area contributed by atoms with Crippen LogP contribution in [0.2, 0.25) is 5.02 Å². The number of carbonyl (C=O) groups is 1. The monoisotopic (exact) mass is 284 g/mol. The molecule has 0 spiro atoms. The molecule has 0 bridgehead atoms. The van der Waals surface area contributed by atoms with Crippen LogP contribution in [0.25, 0.3) is 0 Å². The summed E-state index contributed by atoms with van der Waals surface area (Å²) in [6, 6.07) is 3.81. The van der Waals surface area contributed by atoms with Gasteiger partial charge >= 0.3 is 0 Å². The fourth-order valence-electron chi connectivity index (χ4n) is 2.43. The molecule has 5 heteroatoms. The molecule has 0 aromatic heterocycles. The average Bonchev–Trinajstić information content (AvgIpc) is 2.58. The van der Waals surface area contributed by atoms with Crippen molar-refractivity contribution in [2.75, 3.05) is 0 Å². The summed E-state index contributed by atoms with van der Waals surface area (Å²) in [5.41, 5.74) is 6.01. The lowest BCUT2D eigenvalue weighted by atomic mass is 10.0. The zero-order chi connectivity index (χ0) is 13.8. The van der Waals surface area contributed by atoms with Crippen molar-refractivity contribution in [3.05, 3.63) is 34.6 Å². The Morgan fingerprint density at radius 2 is 2.05 bits per heavy atom. The van der Waals surface area contributed by atoms with Gasteiger partial charge in [0.25, 0.3) is 5.91 Å². The van der Waals surface area contributed by atoms with Crippen LogP contribution >= 0.6 is 11.6 Å². The molecule has 0 aliphatic heterocycles. The van der Waals surface area contributed by atoms with E-state index in [1.807, 2.05) is 0 Å². The van der Waals surface area contributed by atoms with Crippen LogP contribution in [0.5, 0.6) is 0 Å². The predicted octanol–water partition coefficient (Wildman–Crippen LogP) is 2.87. The van der Waals surface area contributed by atoms with Gasteiger partial charge in [0.05, 0.1) is 5.56 Å². The molecular formula is C14H18ClFN2O. The van der Waals surface area contributed by atoms with E-state index < -0.39 is 11.7 Å². The Labute approximate surface area is 117 Å². The SMILES string of the molecule is NC1CCCCCC1NC(=O)c1cc(Cl)ccc1F. The largest absolute Gasteiger partial charge is 0.348 e. The van der Waals surface area contributed by atoms with Gasteiger partial charge in [0.15, 0.2) is 0 Å². The minimum absolute atomic E-state index is 0.0241. The minimum atomic E-state index is -0.566. The van der Waals surface area contributed by atoms with Crippen molar-refractivity contribution in [2.24, 2.45) is 5.73 Å². The molecule has 0 radical (unpaired) electrons. The highest BCUT2D eigenvalue weighted by molar-refractivity contribution is 6.31. The number of carbonyl (C=O) groups excluding carboxylic acids is 1. The zero-order valence-electron chi connectivity index (χ0n) is 10.7. The Bertz CT molecular complexity index is 467. The van der Waals surface area contributed by atoms with Crippen LogP contribution in [0.1, 0.15) is 42.5 Å². The van der Waals surface area contributed by atoms with E-state index >= 15 is 0 Å². The van der Waals surface area contributed by atoms with Gasteiger partial charge in [-0.2, -0.15) is 0 Å². The molecular weight excluding hydrogens is 267 g/mol. The van der Waals surface area contributed by atoms with Crippen molar-refractivity contribution in [2.45, 2.75) is 44.2 Å². The molecule has 2 unspecified atom stereocenters. The van der Waals surface area contributed by atoms with E-state index in [1.165, 1.54) is 18.2 Å². The summed E-state index contributed by atoms with van der Waals surface area (Å²) in [7, 11) is 0. The molecule has 2 atom stereocenters. The lowest BCUT2D eigenvalue weighted by Gasteiger charge is -2.22. The van der Waals surface area contributed by atoms with Crippen LogP contribution in [0.4, 0.5) is 4.39 Å². The smallest absolute Gasteiger partial charge is 0.254 e. The first-order valence-electron chi connectivity index (χ1n) is 6.59. The Balaban J connectivity index is 2.09. The Morgan fingerprint density at radius 1 is 1.32 bits per heavy atom. The fraction of sp³-hybridized carbons (Fsp3) is 0.500. The summed E-state index contributed by atoms with van der Waals surface area (Å²) < 4.78 is 13.6. The van der Waals surface area contributed by atoms with Gasteiger partial charge < -0.3 is 11.1 Å². The van der Waals surface area contributed by atoms with Gasteiger partial charge in [-0.05, 0) is 31.0 Å². The van der Waals surface area contributed by atoms with Gasteiger partial charge in [0.1, 0.15) is 5.82 Å². The number of rotatable bonds is 2. The van der Waals surface area contributed by atoms with Crippen LogP contribution in [0.15, 0.2) is 18.2 Å². The van der Waals surface area contributed by atoms with Gasteiger partial charge in [-0.25, -0.2) is 4.39 Å². The van der Waals surface area contributed by atoms with Gasteiger partial charge in [0, 0.05) is 17.1 Å². The average molecular weight is 285 g/mol. The molecule has 1 saturated carbocycles. The summed E-state index contributed by atoms with van der Waals surface area (Å²) in [5.74, 6) is -1.01. The number of benzene rings is 1. The van der Waals surface area contributed by atoms with Crippen LogP contribution in [0, 0.1) is 5.82 Å². The predicted molar refractivity (Wildman–Crippen MR) is 73.7 cm³/mol. The first-order valence-corrected chi connectivity index (χ1v) is 6.97. The quantitative estimate of drug-likeness (QED) is 0.821. The molecule has 1 aromatic carbocycles. The summed E-state index contributed by atoms with van der Waals surface area (Å²) in [4.78, 5) is 12.1. The topological polar surface area (TPSA) is 55.1 Å². The highest BCUT2D eigenvalue weighted by Crippen LogP contribution is 2.19. The number of halogens is 2. The number of amides is 1. The number of nitrogens with two attached hydrogens (primary N) is 1. The lowest BCUT2D eigenvalue weighted by Crippen LogP contribution is -2.47. The molecule has 1 fully saturated rings. The molecule has 1 aliphatic rings. The maximum atomic E-state index is 13.6. The van der Waals surface area contributed by atoms with Crippen molar-refractivity contribution >= 4 is 17.5 Å². The van der Waals surface area contributed by atoms with E-state index in [-0.39, 0.29) is 17.6 Å². The van der Waals surface area contributed by atoms with E-state index in [2.05, 4.69) is 5.32 Å². The maximum absolute atomic E-state index is 13.6. The summed E-state index contributed by atoms with van der Waals surface area (Å²) in [6.45, 7) is 0. The van der Waals surface area contributed by atoms with Gasteiger partial charge in [-0.3, -0.25) is 4.79 Å². The van der Waals surface area contributed by atoms with Gasteiger partial charge in [-0.15, -0.1) is 0 Å². The molecule has 3 N–H and O–H groups in total. The lowest BCUT2D eigenvalue weighted by molar-refractivity contribution is 0.0924. The van der Waals surface area contributed by atoms with Crippen molar-refractivity contribution < 1.29 is 9.18 Å². The normalized spacial score (nSPS) is 23.7. The molecule has 19 heavy (non-hydrogen) atoms. The number of nitrogens with one attached hydrogen (secondary N) is 1. The number of hydrogen-bond acceptors (Lipinski definition) is 2. The zero-order valence-corrected chi connectivity index (χ0v) is 11.4. The summed E-state index contributed by atoms with van der Waals surface area (Å²) in [6.07, 6.45) is 4.99. The highest BCUT2D eigenvalue weighted by Gasteiger charge is 2.23. The summed E-state index contributed by atoms with van der Waals surface area (Å²) in [5, 5.41) is 3.17. The molecule has 1 amide bonds.